The first-order valence-corrected chi connectivity index (χ1v) is 12.8. The number of fused-ring (bicyclic) bond motifs is 4. The molecule has 0 unspecified atom stereocenters. The van der Waals surface area contributed by atoms with Crippen molar-refractivity contribution in [2.24, 2.45) is 45.8 Å². The van der Waals surface area contributed by atoms with E-state index in [9.17, 15) is 5.11 Å². The van der Waals surface area contributed by atoms with Crippen LogP contribution in [0.1, 0.15) is 71.8 Å². The van der Waals surface area contributed by atoms with Crippen molar-refractivity contribution in [2.45, 2.75) is 72.6 Å². The standard InChI is InChI=1S/C30H42O/c1-20-15-25-29(5,27-26(20)28(27,3)4)21(2)11-13-30(25)14-12-23(18-30)17-24(19-31)16-22-9-7-6-8-10-22/h6-10,15,21,23-24,26-27,31H,1,11-14,16-19H2,2-5H3/t21-,23-,24+,26+,27-,29+,30-/m0/s1. The molecule has 31 heavy (non-hydrogen) atoms. The van der Waals surface area contributed by atoms with Crippen LogP contribution in [0.15, 0.2) is 54.1 Å². The van der Waals surface area contributed by atoms with Gasteiger partial charge < -0.3 is 5.11 Å². The number of aliphatic hydroxyl groups excluding tert-OH is 1. The zero-order valence-electron chi connectivity index (χ0n) is 20.2. The van der Waals surface area contributed by atoms with Crippen LogP contribution in [-0.4, -0.2) is 11.7 Å². The highest BCUT2D eigenvalue weighted by Crippen LogP contribution is 2.78. The van der Waals surface area contributed by atoms with Crippen molar-refractivity contribution in [3.8, 4) is 0 Å². The lowest BCUT2D eigenvalue weighted by atomic mass is 9.50. The fourth-order valence-electron chi connectivity index (χ4n) is 8.82. The predicted molar refractivity (Wildman–Crippen MR) is 130 cm³/mol. The van der Waals surface area contributed by atoms with Crippen molar-refractivity contribution in [3.63, 3.8) is 0 Å². The molecule has 1 N–H and O–H groups in total. The number of aliphatic hydroxyl groups is 1. The Balaban J connectivity index is 1.36. The van der Waals surface area contributed by atoms with Gasteiger partial charge in [0.1, 0.15) is 0 Å². The number of benzene rings is 1. The van der Waals surface area contributed by atoms with Gasteiger partial charge >= 0.3 is 0 Å². The lowest BCUT2D eigenvalue weighted by Crippen LogP contribution is -2.45. The maximum atomic E-state index is 10.1. The van der Waals surface area contributed by atoms with Gasteiger partial charge in [-0.15, -0.1) is 0 Å². The third-order valence-corrected chi connectivity index (χ3v) is 10.4. The van der Waals surface area contributed by atoms with Crippen LogP contribution in [0.25, 0.3) is 0 Å². The molecule has 3 saturated carbocycles. The number of hydrogen-bond acceptors (Lipinski definition) is 1. The molecule has 0 saturated heterocycles. The molecule has 1 aromatic rings. The van der Waals surface area contributed by atoms with Crippen LogP contribution >= 0.6 is 0 Å². The van der Waals surface area contributed by atoms with Crippen LogP contribution in [0.2, 0.25) is 0 Å². The topological polar surface area (TPSA) is 20.2 Å². The van der Waals surface area contributed by atoms with Crippen LogP contribution in [-0.2, 0) is 6.42 Å². The molecule has 1 aromatic carbocycles. The van der Waals surface area contributed by atoms with Crippen molar-refractivity contribution >= 4 is 0 Å². The lowest BCUT2D eigenvalue weighted by Gasteiger charge is -2.54. The fourth-order valence-corrected chi connectivity index (χ4v) is 8.82. The van der Waals surface area contributed by atoms with Gasteiger partial charge in [0, 0.05) is 6.61 Å². The van der Waals surface area contributed by atoms with Gasteiger partial charge in [-0.25, -0.2) is 0 Å². The molecule has 0 heterocycles. The van der Waals surface area contributed by atoms with E-state index in [0.29, 0.717) is 34.7 Å². The number of rotatable bonds is 5. The van der Waals surface area contributed by atoms with Gasteiger partial charge in [-0.1, -0.05) is 81.8 Å². The lowest BCUT2D eigenvalue weighted by molar-refractivity contribution is 0.0696. The molecule has 1 spiro atoms. The minimum Gasteiger partial charge on any atom is -0.396 e. The molecule has 0 aromatic heterocycles. The van der Waals surface area contributed by atoms with E-state index in [4.69, 9.17) is 0 Å². The molecule has 0 aliphatic heterocycles. The maximum Gasteiger partial charge on any atom is 0.0462 e. The van der Waals surface area contributed by atoms with E-state index >= 15 is 0 Å². The van der Waals surface area contributed by atoms with Crippen molar-refractivity contribution in [2.75, 3.05) is 6.61 Å². The van der Waals surface area contributed by atoms with E-state index in [1.807, 2.05) is 0 Å². The normalized spacial score (nSPS) is 41.5. The summed E-state index contributed by atoms with van der Waals surface area (Å²) >= 11 is 0. The molecule has 3 fully saturated rings. The zero-order valence-corrected chi connectivity index (χ0v) is 20.2. The van der Waals surface area contributed by atoms with E-state index in [2.05, 4.69) is 70.7 Å². The zero-order chi connectivity index (χ0) is 22.0. The summed E-state index contributed by atoms with van der Waals surface area (Å²) in [6, 6.07) is 10.7. The summed E-state index contributed by atoms with van der Waals surface area (Å²) < 4.78 is 0. The molecule has 0 amide bonds. The Morgan fingerprint density at radius 2 is 1.81 bits per heavy atom. The summed E-state index contributed by atoms with van der Waals surface area (Å²) in [6.07, 6.45) is 11.5. The van der Waals surface area contributed by atoms with Crippen LogP contribution in [0.3, 0.4) is 0 Å². The molecule has 0 radical (unpaired) electrons. The largest absolute Gasteiger partial charge is 0.396 e. The third-order valence-electron chi connectivity index (χ3n) is 10.4. The summed E-state index contributed by atoms with van der Waals surface area (Å²) in [7, 11) is 0. The van der Waals surface area contributed by atoms with Crippen LogP contribution in [0.5, 0.6) is 0 Å². The molecular formula is C30H42O. The molecule has 168 valence electrons. The van der Waals surface area contributed by atoms with Gasteiger partial charge in [-0.2, -0.15) is 0 Å². The Labute approximate surface area is 190 Å². The summed E-state index contributed by atoms with van der Waals surface area (Å²) in [5.41, 5.74) is 5.71. The van der Waals surface area contributed by atoms with E-state index < -0.39 is 0 Å². The first-order valence-electron chi connectivity index (χ1n) is 12.8. The minimum atomic E-state index is 0.310. The van der Waals surface area contributed by atoms with Gasteiger partial charge in [0.05, 0.1) is 0 Å². The Morgan fingerprint density at radius 3 is 2.52 bits per heavy atom. The highest BCUT2D eigenvalue weighted by atomic mass is 16.3. The van der Waals surface area contributed by atoms with E-state index in [1.54, 1.807) is 5.57 Å². The SMILES string of the molecule is C=C1C=C2[C@]3(CC[C@@H](C[C@H](CO)Cc4ccccc4)C3)CC[C@H](C)[C@@]2(C)[C@H]2[C@@H]1C2(C)C. The van der Waals surface area contributed by atoms with Crippen LogP contribution < -0.4 is 0 Å². The number of hydrogen-bond donors (Lipinski definition) is 1. The van der Waals surface area contributed by atoms with Gasteiger partial charge in [0.2, 0.25) is 0 Å². The highest BCUT2D eigenvalue weighted by molar-refractivity contribution is 5.47. The minimum absolute atomic E-state index is 0.310. The average Bonchev–Trinajstić information content (AvgIpc) is 3.14. The first kappa shape index (κ1) is 21.5. The molecule has 1 nitrogen and oxygen atoms in total. The monoisotopic (exact) mass is 418 g/mol. The molecule has 4 aliphatic rings. The van der Waals surface area contributed by atoms with Crippen LogP contribution in [0, 0.1) is 45.8 Å². The van der Waals surface area contributed by atoms with Gasteiger partial charge in [0.15, 0.2) is 0 Å². The Morgan fingerprint density at radius 1 is 1.10 bits per heavy atom. The number of allylic oxidation sites excluding steroid dienone is 3. The summed E-state index contributed by atoms with van der Waals surface area (Å²) in [5, 5.41) is 10.1. The van der Waals surface area contributed by atoms with Crippen molar-refractivity contribution in [1.29, 1.82) is 0 Å². The van der Waals surface area contributed by atoms with E-state index in [-0.39, 0.29) is 0 Å². The predicted octanol–water partition coefficient (Wildman–Crippen LogP) is 7.22. The van der Waals surface area contributed by atoms with Gasteiger partial charge in [0.25, 0.3) is 0 Å². The molecule has 5 rings (SSSR count). The first-order chi connectivity index (χ1) is 14.7. The molecular weight excluding hydrogens is 376 g/mol. The smallest absolute Gasteiger partial charge is 0.0462 e. The van der Waals surface area contributed by atoms with Gasteiger partial charge in [-0.05, 0) is 96.3 Å². The molecule has 7 atom stereocenters. The summed E-state index contributed by atoms with van der Waals surface area (Å²) in [5.74, 6) is 3.38. The summed E-state index contributed by atoms with van der Waals surface area (Å²) in [6.45, 7) is 15.0. The van der Waals surface area contributed by atoms with Gasteiger partial charge in [-0.3, -0.25) is 0 Å². The molecule has 0 bridgehead atoms. The second-order valence-electron chi connectivity index (χ2n) is 12.5. The summed E-state index contributed by atoms with van der Waals surface area (Å²) in [4.78, 5) is 0. The van der Waals surface area contributed by atoms with E-state index in [1.165, 1.54) is 49.7 Å². The molecule has 4 aliphatic carbocycles. The second kappa shape index (κ2) is 7.34. The Hall–Kier alpha value is -1.34. The quantitative estimate of drug-likeness (QED) is 0.535. The Kier molecular flexibility index (Phi) is 5.09. The second-order valence-corrected chi connectivity index (χ2v) is 12.5. The van der Waals surface area contributed by atoms with Crippen molar-refractivity contribution in [1.82, 2.24) is 0 Å². The Bertz CT molecular complexity index is 879. The van der Waals surface area contributed by atoms with Crippen molar-refractivity contribution in [3.05, 3.63) is 59.7 Å². The third kappa shape index (κ3) is 3.21. The van der Waals surface area contributed by atoms with Crippen LogP contribution in [0.4, 0.5) is 0 Å². The van der Waals surface area contributed by atoms with Crippen molar-refractivity contribution < 1.29 is 5.11 Å². The molecule has 1 heteroatoms. The van der Waals surface area contributed by atoms with E-state index in [0.717, 1.165) is 24.2 Å². The maximum absolute atomic E-state index is 10.1. The highest BCUT2D eigenvalue weighted by Gasteiger charge is 2.71. The fraction of sp³-hybridized carbons (Fsp3) is 0.667. The average molecular weight is 419 g/mol.